The SMILES string of the molecule is Cl.Oc1ccc(Br)c([C@H]2CCCCN2)c1. The van der Waals surface area contributed by atoms with Gasteiger partial charge in [-0.15, -0.1) is 12.4 Å². The number of nitrogens with one attached hydrogen (secondary N) is 1. The third-order valence-corrected chi connectivity index (χ3v) is 3.39. The number of piperidine rings is 1. The predicted molar refractivity (Wildman–Crippen MR) is 67.6 cm³/mol. The summed E-state index contributed by atoms with van der Waals surface area (Å²) in [4.78, 5) is 0. The molecule has 1 aromatic rings. The molecule has 84 valence electrons. The maximum Gasteiger partial charge on any atom is 0.115 e. The van der Waals surface area contributed by atoms with Crippen molar-refractivity contribution >= 4 is 28.3 Å². The summed E-state index contributed by atoms with van der Waals surface area (Å²) in [5, 5.41) is 12.9. The minimum Gasteiger partial charge on any atom is -0.508 e. The van der Waals surface area contributed by atoms with Crippen LogP contribution in [0, 0.1) is 0 Å². The van der Waals surface area contributed by atoms with Gasteiger partial charge in [0.05, 0.1) is 0 Å². The average molecular weight is 293 g/mol. The lowest BCUT2D eigenvalue weighted by Crippen LogP contribution is -2.26. The van der Waals surface area contributed by atoms with Gasteiger partial charge in [0.2, 0.25) is 0 Å². The summed E-state index contributed by atoms with van der Waals surface area (Å²) in [7, 11) is 0. The van der Waals surface area contributed by atoms with Gasteiger partial charge in [-0.2, -0.15) is 0 Å². The first-order chi connectivity index (χ1) is 6.77. The summed E-state index contributed by atoms with van der Waals surface area (Å²) in [5.41, 5.74) is 1.17. The molecule has 1 heterocycles. The van der Waals surface area contributed by atoms with Crippen LogP contribution >= 0.6 is 28.3 Å². The van der Waals surface area contributed by atoms with Crippen LogP contribution in [0.2, 0.25) is 0 Å². The van der Waals surface area contributed by atoms with E-state index in [1.807, 2.05) is 12.1 Å². The van der Waals surface area contributed by atoms with Gasteiger partial charge in [0.15, 0.2) is 0 Å². The Morgan fingerprint density at radius 1 is 1.33 bits per heavy atom. The van der Waals surface area contributed by atoms with Crippen LogP contribution < -0.4 is 5.32 Å². The molecule has 0 aromatic heterocycles. The summed E-state index contributed by atoms with van der Waals surface area (Å²) in [6.45, 7) is 1.08. The van der Waals surface area contributed by atoms with Crippen LogP contribution in [-0.2, 0) is 0 Å². The Morgan fingerprint density at radius 2 is 2.13 bits per heavy atom. The Balaban J connectivity index is 0.00000112. The molecule has 1 aliphatic rings. The number of aromatic hydroxyl groups is 1. The maximum absolute atomic E-state index is 9.42. The van der Waals surface area contributed by atoms with Gasteiger partial charge >= 0.3 is 0 Å². The van der Waals surface area contributed by atoms with Crippen molar-refractivity contribution < 1.29 is 5.11 Å². The molecule has 2 rings (SSSR count). The Hall–Kier alpha value is -0.250. The summed E-state index contributed by atoms with van der Waals surface area (Å²) in [5.74, 6) is 0.343. The van der Waals surface area contributed by atoms with E-state index in [1.165, 1.54) is 18.4 Å². The van der Waals surface area contributed by atoms with Crippen LogP contribution in [-0.4, -0.2) is 11.7 Å². The number of benzene rings is 1. The van der Waals surface area contributed by atoms with Gasteiger partial charge < -0.3 is 10.4 Å². The number of phenolic OH excluding ortho intramolecular Hbond substituents is 1. The Kier molecular flexibility index (Phi) is 4.90. The fourth-order valence-corrected chi connectivity index (χ4v) is 2.44. The molecular weight excluding hydrogens is 277 g/mol. The Labute approximate surface area is 105 Å². The van der Waals surface area contributed by atoms with E-state index in [-0.39, 0.29) is 12.4 Å². The van der Waals surface area contributed by atoms with Gasteiger partial charge in [0.1, 0.15) is 5.75 Å². The molecule has 0 bridgehead atoms. The lowest BCUT2D eigenvalue weighted by molar-refractivity contribution is 0.408. The first-order valence-electron chi connectivity index (χ1n) is 4.99. The highest BCUT2D eigenvalue weighted by molar-refractivity contribution is 9.10. The molecule has 1 atom stereocenters. The highest BCUT2D eigenvalue weighted by Gasteiger charge is 2.17. The highest BCUT2D eigenvalue weighted by Crippen LogP contribution is 2.31. The van der Waals surface area contributed by atoms with Gasteiger partial charge in [-0.25, -0.2) is 0 Å². The van der Waals surface area contributed by atoms with E-state index in [9.17, 15) is 5.11 Å². The fraction of sp³-hybridized carbons (Fsp3) is 0.455. The lowest BCUT2D eigenvalue weighted by atomic mass is 9.97. The first-order valence-corrected chi connectivity index (χ1v) is 5.78. The van der Waals surface area contributed by atoms with Gasteiger partial charge in [-0.1, -0.05) is 22.4 Å². The first kappa shape index (κ1) is 12.8. The highest BCUT2D eigenvalue weighted by atomic mass is 79.9. The summed E-state index contributed by atoms with van der Waals surface area (Å²) in [6.07, 6.45) is 3.68. The molecule has 4 heteroatoms. The minimum atomic E-state index is 0. The molecule has 1 saturated heterocycles. The van der Waals surface area contributed by atoms with Crippen LogP contribution in [0.25, 0.3) is 0 Å². The number of hydrogen-bond acceptors (Lipinski definition) is 2. The van der Waals surface area contributed by atoms with Crippen molar-refractivity contribution in [2.45, 2.75) is 25.3 Å². The van der Waals surface area contributed by atoms with Crippen molar-refractivity contribution in [2.75, 3.05) is 6.54 Å². The van der Waals surface area contributed by atoms with Crippen LogP contribution in [0.4, 0.5) is 0 Å². The maximum atomic E-state index is 9.42. The van der Waals surface area contributed by atoms with Gasteiger partial charge in [-0.05, 0) is 43.1 Å². The molecule has 0 unspecified atom stereocenters. The summed E-state index contributed by atoms with van der Waals surface area (Å²) < 4.78 is 1.08. The smallest absolute Gasteiger partial charge is 0.115 e. The van der Waals surface area contributed by atoms with Crippen LogP contribution in [0.5, 0.6) is 5.75 Å². The van der Waals surface area contributed by atoms with Gasteiger partial charge in [0, 0.05) is 10.5 Å². The van der Waals surface area contributed by atoms with Crippen molar-refractivity contribution in [1.82, 2.24) is 5.32 Å². The molecule has 0 saturated carbocycles. The van der Waals surface area contributed by atoms with Gasteiger partial charge in [-0.3, -0.25) is 0 Å². The molecule has 1 fully saturated rings. The van der Waals surface area contributed by atoms with Crippen LogP contribution in [0.3, 0.4) is 0 Å². The largest absolute Gasteiger partial charge is 0.508 e. The second-order valence-electron chi connectivity index (χ2n) is 3.71. The monoisotopic (exact) mass is 291 g/mol. The van der Waals surface area contributed by atoms with Crippen LogP contribution in [0.1, 0.15) is 30.9 Å². The molecule has 1 aromatic carbocycles. The van der Waals surface area contributed by atoms with E-state index in [2.05, 4.69) is 21.2 Å². The Bertz CT molecular complexity index is 326. The summed E-state index contributed by atoms with van der Waals surface area (Å²) in [6, 6.07) is 5.84. The Morgan fingerprint density at radius 3 is 2.80 bits per heavy atom. The molecule has 0 amide bonds. The normalized spacial score (nSPS) is 20.7. The number of phenols is 1. The second-order valence-corrected chi connectivity index (χ2v) is 4.56. The molecule has 0 spiro atoms. The zero-order chi connectivity index (χ0) is 9.97. The lowest BCUT2D eigenvalue weighted by Gasteiger charge is -2.24. The van der Waals surface area contributed by atoms with E-state index >= 15 is 0 Å². The molecule has 1 aliphatic heterocycles. The quantitative estimate of drug-likeness (QED) is 0.831. The molecule has 2 N–H and O–H groups in total. The topological polar surface area (TPSA) is 32.3 Å². The van der Waals surface area contributed by atoms with E-state index in [4.69, 9.17) is 0 Å². The van der Waals surface area contributed by atoms with E-state index < -0.39 is 0 Å². The zero-order valence-corrected chi connectivity index (χ0v) is 10.8. The van der Waals surface area contributed by atoms with Crippen molar-refractivity contribution in [3.8, 4) is 5.75 Å². The van der Waals surface area contributed by atoms with Gasteiger partial charge in [0.25, 0.3) is 0 Å². The predicted octanol–water partition coefficient (Wildman–Crippen LogP) is 3.39. The molecule has 2 nitrogen and oxygen atoms in total. The minimum absolute atomic E-state index is 0. The molecule has 15 heavy (non-hydrogen) atoms. The summed E-state index contributed by atoms with van der Waals surface area (Å²) >= 11 is 3.51. The van der Waals surface area contributed by atoms with E-state index in [1.54, 1.807) is 6.07 Å². The fourth-order valence-electron chi connectivity index (χ4n) is 1.92. The zero-order valence-electron chi connectivity index (χ0n) is 8.37. The molecule has 0 radical (unpaired) electrons. The van der Waals surface area contributed by atoms with Crippen molar-refractivity contribution in [1.29, 1.82) is 0 Å². The standard InChI is InChI=1S/C11H14BrNO.ClH/c12-10-5-4-8(14)7-9(10)11-3-1-2-6-13-11;/h4-5,7,11,13-14H,1-3,6H2;1H/t11-;/m1./s1. The third-order valence-electron chi connectivity index (χ3n) is 2.67. The van der Waals surface area contributed by atoms with E-state index in [0.29, 0.717) is 11.8 Å². The van der Waals surface area contributed by atoms with Crippen molar-refractivity contribution in [2.24, 2.45) is 0 Å². The van der Waals surface area contributed by atoms with E-state index in [0.717, 1.165) is 17.4 Å². The number of rotatable bonds is 1. The van der Waals surface area contributed by atoms with Crippen molar-refractivity contribution in [3.63, 3.8) is 0 Å². The second kappa shape index (κ2) is 5.73. The van der Waals surface area contributed by atoms with Crippen molar-refractivity contribution in [3.05, 3.63) is 28.2 Å². The van der Waals surface area contributed by atoms with Crippen LogP contribution in [0.15, 0.2) is 22.7 Å². The molecule has 0 aliphatic carbocycles. The average Bonchev–Trinajstić information content (AvgIpc) is 2.23. The number of hydrogen-bond donors (Lipinski definition) is 2. The number of halogens is 2. The third kappa shape index (κ3) is 3.10. The molecular formula is C11H15BrClNO.